The molecule has 0 fully saturated rings. The molecule has 1 aromatic carbocycles. The van der Waals surface area contributed by atoms with Gasteiger partial charge in [-0.25, -0.2) is 0 Å². The fourth-order valence-corrected chi connectivity index (χ4v) is 2.62. The van der Waals surface area contributed by atoms with Crippen LogP contribution in [0.15, 0.2) is 28.9 Å². The Labute approximate surface area is 124 Å². The smallest absolute Gasteiger partial charge is 0.230 e. The van der Waals surface area contributed by atoms with Gasteiger partial charge in [-0.1, -0.05) is 11.3 Å². The molecular weight excluding hydrogens is 290 g/mol. The first-order chi connectivity index (χ1) is 10.2. The van der Waals surface area contributed by atoms with Crippen LogP contribution < -0.4 is 10.1 Å². The van der Waals surface area contributed by atoms with Gasteiger partial charge in [0.05, 0.1) is 19.8 Å². The second kappa shape index (κ2) is 5.53. The molecule has 7 heteroatoms. The van der Waals surface area contributed by atoms with Gasteiger partial charge in [-0.15, -0.1) is 10.2 Å². The summed E-state index contributed by atoms with van der Waals surface area (Å²) in [5, 5.41) is 12.7. The van der Waals surface area contributed by atoms with Crippen LogP contribution in [0.5, 0.6) is 5.75 Å². The lowest BCUT2D eigenvalue weighted by Gasteiger charge is -2.00. The molecule has 6 nitrogen and oxygen atoms in total. The number of hydrogen-bond acceptors (Lipinski definition) is 6. The van der Waals surface area contributed by atoms with Gasteiger partial charge in [0.25, 0.3) is 0 Å². The zero-order valence-electron chi connectivity index (χ0n) is 11.5. The van der Waals surface area contributed by atoms with Crippen LogP contribution in [-0.2, 0) is 11.2 Å². The van der Waals surface area contributed by atoms with E-state index in [1.54, 1.807) is 19.4 Å². The van der Waals surface area contributed by atoms with Crippen LogP contribution in [0.4, 0.5) is 5.13 Å². The Morgan fingerprint density at radius 1 is 1.43 bits per heavy atom. The summed E-state index contributed by atoms with van der Waals surface area (Å²) in [6, 6.07) is 5.52. The van der Waals surface area contributed by atoms with Crippen LogP contribution in [0.2, 0.25) is 0 Å². The van der Waals surface area contributed by atoms with E-state index >= 15 is 0 Å². The minimum absolute atomic E-state index is 0.148. The minimum atomic E-state index is -0.148. The average molecular weight is 303 g/mol. The highest BCUT2D eigenvalue weighted by molar-refractivity contribution is 7.15. The lowest BCUT2D eigenvalue weighted by molar-refractivity contribution is -0.115. The number of fused-ring (bicyclic) bond motifs is 1. The minimum Gasteiger partial charge on any atom is -0.497 e. The van der Waals surface area contributed by atoms with Crippen molar-refractivity contribution in [3.8, 4) is 5.75 Å². The largest absolute Gasteiger partial charge is 0.497 e. The number of furan rings is 1. The molecule has 0 spiro atoms. The van der Waals surface area contributed by atoms with E-state index in [2.05, 4.69) is 15.5 Å². The lowest BCUT2D eigenvalue weighted by atomic mass is 10.1. The molecule has 2 aromatic heterocycles. The number of amides is 1. The van der Waals surface area contributed by atoms with Gasteiger partial charge in [-0.3, -0.25) is 4.79 Å². The third-order valence-corrected chi connectivity index (χ3v) is 3.74. The van der Waals surface area contributed by atoms with Gasteiger partial charge >= 0.3 is 0 Å². The molecule has 0 bridgehead atoms. The van der Waals surface area contributed by atoms with Gasteiger partial charge in [-0.05, 0) is 19.1 Å². The molecule has 0 saturated heterocycles. The summed E-state index contributed by atoms with van der Waals surface area (Å²) in [5.41, 5.74) is 1.52. The number of nitrogens with zero attached hydrogens (tertiary/aromatic N) is 2. The molecule has 1 amide bonds. The van der Waals surface area contributed by atoms with Crippen molar-refractivity contribution in [1.29, 1.82) is 0 Å². The highest BCUT2D eigenvalue weighted by Gasteiger charge is 2.12. The van der Waals surface area contributed by atoms with Crippen molar-refractivity contribution >= 4 is 33.3 Å². The summed E-state index contributed by atoms with van der Waals surface area (Å²) in [7, 11) is 1.60. The number of nitrogens with one attached hydrogen (secondary N) is 1. The maximum atomic E-state index is 12.0. The third kappa shape index (κ3) is 2.87. The Morgan fingerprint density at radius 2 is 2.29 bits per heavy atom. The predicted octanol–water partition coefficient (Wildman–Crippen LogP) is 2.78. The molecular formula is C14H13N3O3S. The fraction of sp³-hybridized carbons (Fsp3) is 0.214. The van der Waals surface area contributed by atoms with Crippen LogP contribution in [0.3, 0.4) is 0 Å². The summed E-state index contributed by atoms with van der Waals surface area (Å²) in [4.78, 5) is 12.0. The summed E-state index contributed by atoms with van der Waals surface area (Å²) in [5.74, 6) is 0.571. The summed E-state index contributed by atoms with van der Waals surface area (Å²) in [6.07, 6.45) is 1.81. The first-order valence-electron chi connectivity index (χ1n) is 6.30. The molecule has 0 unspecified atom stereocenters. The van der Waals surface area contributed by atoms with Crippen LogP contribution in [0, 0.1) is 6.92 Å². The van der Waals surface area contributed by atoms with Crippen LogP contribution >= 0.6 is 11.3 Å². The van der Waals surface area contributed by atoms with Crippen molar-refractivity contribution < 1.29 is 13.9 Å². The summed E-state index contributed by atoms with van der Waals surface area (Å²) >= 11 is 1.34. The number of carbonyl (C=O) groups is 1. The molecule has 0 aliphatic heterocycles. The summed E-state index contributed by atoms with van der Waals surface area (Å²) < 4.78 is 10.6. The van der Waals surface area contributed by atoms with Crippen molar-refractivity contribution in [1.82, 2.24) is 10.2 Å². The first-order valence-corrected chi connectivity index (χ1v) is 7.11. The maximum Gasteiger partial charge on any atom is 0.230 e. The number of aromatic nitrogens is 2. The average Bonchev–Trinajstić information content (AvgIpc) is 3.05. The van der Waals surface area contributed by atoms with Crippen molar-refractivity contribution in [2.24, 2.45) is 0 Å². The fourth-order valence-electron chi connectivity index (χ4n) is 2.01. The van der Waals surface area contributed by atoms with Crippen LogP contribution in [-0.4, -0.2) is 23.2 Å². The standard InChI is InChI=1S/C14H13N3O3S/c1-8-16-17-14(21-8)15-13(18)5-9-7-20-12-6-10(19-2)3-4-11(9)12/h3-4,6-7H,5H2,1-2H3,(H,15,17,18). The van der Waals surface area contributed by atoms with E-state index in [-0.39, 0.29) is 12.3 Å². The van der Waals surface area contributed by atoms with E-state index in [0.29, 0.717) is 10.7 Å². The Bertz CT molecular complexity index is 794. The molecule has 2 heterocycles. The molecule has 0 radical (unpaired) electrons. The number of anilines is 1. The van der Waals surface area contributed by atoms with Crippen LogP contribution in [0.25, 0.3) is 11.0 Å². The SMILES string of the molecule is COc1ccc2c(CC(=O)Nc3nnc(C)s3)coc2c1. The monoisotopic (exact) mass is 303 g/mol. The second-order valence-corrected chi connectivity index (χ2v) is 5.66. The third-order valence-electron chi connectivity index (χ3n) is 2.99. The van der Waals surface area contributed by atoms with Crippen molar-refractivity contribution in [2.45, 2.75) is 13.3 Å². The number of methoxy groups -OCH3 is 1. The highest BCUT2D eigenvalue weighted by Crippen LogP contribution is 2.26. The Kier molecular flexibility index (Phi) is 3.57. The number of ether oxygens (including phenoxy) is 1. The van der Waals surface area contributed by atoms with Gasteiger partial charge in [0.1, 0.15) is 16.3 Å². The first kappa shape index (κ1) is 13.6. The normalized spacial score (nSPS) is 10.8. The molecule has 3 rings (SSSR count). The van der Waals surface area contributed by atoms with Crippen molar-refractivity contribution in [2.75, 3.05) is 12.4 Å². The quantitative estimate of drug-likeness (QED) is 0.802. The molecule has 0 atom stereocenters. The maximum absolute atomic E-state index is 12.0. The molecule has 21 heavy (non-hydrogen) atoms. The molecule has 3 aromatic rings. The topological polar surface area (TPSA) is 77.2 Å². The van der Waals surface area contributed by atoms with Gasteiger partial charge in [0.15, 0.2) is 0 Å². The van der Waals surface area contributed by atoms with Crippen molar-refractivity contribution in [3.63, 3.8) is 0 Å². The number of rotatable bonds is 4. The number of carbonyl (C=O) groups excluding carboxylic acids is 1. The van der Waals surface area contributed by atoms with Gasteiger partial charge in [0, 0.05) is 17.0 Å². The molecule has 0 aliphatic carbocycles. The molecule has 0 aliphatic rings. The van der Waals surface area contributed by atoms with E-state index in [4.69, 9.17) is 9.15 Å². The van der Waals surface area contributed by atoms with Crippen LogP contribution in [0.1, 0.15) is 10.6 Å². The number of hydrogen-bond donors (Lipinski definition) is 1. The Hall–Kier alpha value is -2.41. The zero-order valence-corrected chi connectivity index (χ0v) is 12.4. The molecule has 108 valence electrons. The highest BCUT2D eigenvalue weighted by atomic mass is 32.1. The van der Waals surface area contributed by atoms with E-state index in [0.717, 1.165) is 21.7 Å². The van der Waals surface area contributed by atoms with E-state index < -0.39 is 0 Å². The van der Waals surface area contributed by atoms with E-state index in [1.165, 1.54) is 11.3 Å². The van der Waals surface area contributed by atoms with E-state index in [1.807, 2.05) is 19.1 Å². The summed E-state index contributed by atoms with van der Waals surface area (Å²) in [6.45, 7) is 1.84. The zero-order chi connectivity index (χ0) is 14.8. The Morgan fingerprint density at radius 3 is 3.00 bits per heavy atom. The van der Waals surface area contributed by atoms with E-state index in [9.17, 15) is 4.79 Å². The molecule has 1 N–H and O–H groups in total. The second-order valence-electron chi connectivity index (χ2n) is 4.47. The van der Waals surface area contributed by atoms with Gasteiger partial charge in [0.2, 0.25) is 11.0 Å². The van der Waals surface area contributed by atoms with Crippen molar-refractivity contribution in [3.05, 3.63) is 35.0 Å². The predicted molar refractivity (Wildman–Crippen MR) is 79.7 cm³/mol. The lowest BCUT2D eigenvalue weighted by Crippen LogP contribution is -2.13. The van der Waals surface area contributed by atoms with Gasteiger partial charge in [-0.2, -0.15) is 0 Å². The number of benzene rings is 1. The Balaban J connectivity index is 1.76. The molecule has 0 saturated carbocycles. The number of aryl methyl sites for hydroxylation is 1. The van der Waals surface area contributed by atoms with Gasteiger partial charge < -0.3 is 14.5 Å².